The molecule has 0 fully saturated rings. The summed E-state index contributed by atoms with van der Waals surface area (Å²) in [5.41, 5.74) is 11.8. The molecule has 0 unspecified atom stereocenters. The Morgan fingerprint density at radius 3 is 2.62 bits per heavy atom. The second-order valence-corrected chi connectivity index (χ2v) is 5.05. The van der Waals surface area contributed by atoms with Crippen molar-refractivity contribution in [2.75, 3.05) is 17.2 Å². The van der Waals surface area contributed by atoms with Gasteiger partial charge in [-0.3, -0.25) is 0 Å². The number of hydrogen-bond acceptors (Lipinski definition) is 3. The molecule has 16 heavy (non-hydrogen) atoms. The van der Waals surface area contributed by atoms with Crippen LogP contribution in [0.2, 0.25) is 5.02 Å². The van der Waals surface area contributed by atoms with Crippen LogP contribution in [0.25, 0.3) is 0 Å². The number of rotatable bonds is 5. The van der Waals surface area contributed by atoms with Crippen molar-refractivity contribution in [3.63, 3.8) is 0 Å². The van der Waals surface area contributed by atoms with Gasteiger partial charge in [-0.1, -0.05) is 31.4 Å². The SMILES string of the molecule is CCCCCSc1c(N)cc(N)c(Cl)c1F. The Kier molecular flexibility index (Phi) is 5.22. The second-order valence-electron chi connectivity index (χ2n) is 3.57. The molecule has 1 aromatic carbocycles. The summed E-state index contributed by atoms with van der Waals surface area (Å²) < 4.78 is 13.7. The van der Waals surface area contributed by atoms with Gasteiger partial charge in [0.25, 0.3) is 0 Å². The van der Waals surface area contributed by atoms with E-state index in [2.05, 4.69) is 6.92 Å². The molecule has 0 spiro atoms. The molecule has 0 heterocycles. The first kappa shape index (κ1) is 13.5. The number of nitrogen functional groups attached to an aromatic ring is 2. The Balaban J connectivity index is 2.76. The number of thioether (sulfide) groups is 1. The third-order valence-corrected chi connectivity index (χ3v) is 3.79. The average molecular weight is 263 g/mol. The maximum absolute atomic E-state index is 13.7. The molecule has 0 amide bonds. The molecule has 1 rings (SSSR count). The number of benzene rings is 1. The number of halogens is 2. The highest BCUT2D eigenvalue weighted by Crippen LogP contribution is 2.36. The summed E-state index contributed by atoms with van der Waals surface area (Å²) in [6.45, 7) is 2.12. The Morgan fingerprint density at radius 1 is 1.31 bits per heavy atom. The van der Waals surface area contributed by atoms with Crippen LogP contribution in [-0.4, -0.2) is 5.75 Å². The Morgan fingerprint density at radius 2 is 2.00 bits per heavy atom. The molecular weight excluding hydrogens is 247 g/mol. The monoisotopic (exact) mass is 262 g/mol. The van der Waals surface area contributed by atoms with Crippen LogP contribution in [0, 0.1) is 5.82 Å². The highest BCUT2D eigenvalue weighted by molar-refractivity contribution is 7.99. The first-order valence-electron chi connectivity index (χ1n) is 5.23. The zero-order valence-electron chi connectivity index (χ0n) is 9.22. The van der Waals surface area contributed by atoms with Crippen LogP contribution in [0.15, 0.2) is 11.0 Å². The number of unbranched alkanes of at least 4 members (excludes halogenated alkanes) is 2. The van der Waals surface area contributed by atoms with Crippen LogP contribution in [0.4, 0.5) is 15.8 Å². The van der Waals surface area contributed by atoms with Crippen molar-refractivity contribution in [3.05, 3.63) is 16.9 Å². The molecule has 0 bridgehead atoms. The maximum Gasteiger partial charge on any atom is 0.159 e. The van der Waals surface area contributed by atoms with Crippen molar-refractivity contribution in [2.45, 2.75) is 31.1 Å². The van der Waals surface area contributed by atoms with Gasteiger partial charge in [0.15, 0.2) is 5.82 Å². The van der Waals surface area contributed by atoms with Gasteiger partial charge < -0.3 is 11.5 Å². The van der Waals surface area contributed by atoms with E-state index in [1.54, 1.807) is 0 Å². The molecule has 0 aliphatic heterocycles. The molecule has 0 radical (unpaired) electrons. The summed E-state index contributed by atoms with van der Waals surface area (Å²) in [7, 11) is 0. The van der Waals surface area contributed by atoms with Crippen molar-refractivity contribution in [1.29, 1.82) is 0 Å². The number of hydrogen-bond donors (Lipinski definition) is 2. The molecule has 0 aromatic heterocycles. The summed E-state index contributed by atoms with van der Waals surface area (Å²) in [4.78, 5) is 0.412. The van der Waals surface area contributed by atoms with Gasteiger partial charge in [0, 0.05) is 0 Å². The molecule has 1 aromatic rings. The molecule has 0 atom stereocenters. The molecule has 0 saturated heterocycles. The van der Waals surface area contributed by atoms with E-state index in [4.69, 9.17) is 23.1 Å². The van der Waals surface area contributed by atoms with E-state index in [-0.39, 0.29) is 10.7 Å². The van der Waals surface area contributed by atoms with Gasteiger partial charge in [0.1, 0.15) is 5.02 Å². The normalized spacial score (nSPS) is 10.7. The highest BCUT2D eigenvalue weighted by Gasteiger charge is 2.14. The standard InChI is InChI=1S/C11H16ClFN2S/c1-2-3-4-5-16-11-8(15)6-7(14)9(12)10(11)13/h6H,2-5,14-15H2,1H3. The second kappa shape index (κ2) is 6.21. The molecule has 4 N–H and O–H groups in total. The number of anilines is 2. The van der Waals surface area contributed by atoms with E-state index < -0.39 is 5.82 Å². The first-order valence-corrected chi connectivity index (χ1v) is 6.60. The first-order chi connectivity index (χ1) is 7.57. The zero-order valence-corrected chi connectivity index (χ0v) is 10.8. The summed E-state index contributed by atoms with van der Waals surface area (Å²) in [6.07, 6.45) is 3.32. The quantitative estimate of drug-likeness (QED) is 0.480. The fraction of sp³-hybridized carbons (Fsp3) is 0.455. The van der Waals surface area contributed by atoms with Crippen molar-refractivity contribution >= 4 is 34.7 Å². The molecule has 0 aliphatic carbocycles. The molecular formula is C11H16ClFN2S. The third kappa shape index (κ3) is 3.19. The van der Waals surface area contributed by atoms with Gasteiger partial charge in [-0.25, -0.2) is 4.39 Å². The third-order valence-electron chi connectivity index (χ3n) is 2.21. The van der Waals surface area contributed by atoms with Crippen molar-refractivity contribution in [1.82, 2.24) is 0 Å². The minimum atomic E-state index is -0.499. The molecule has 5 heteroatoms. The lowest BCUT2D eigenvalue weighted by Crippen LogP contribution is -1.98. The predicted octanol–water partition coefficient (Wildman–Crippen LogP) is 3.93. The lowest BCUT2D eigenvalue weighted by atomic mass is 10.3. The van der Waals surface area contributed by atoms with Crippen LogP contribution in [0.1, 0.15) is 26.2 Å². The van der Waals surface area contributed by atoms with Crippen LogP contribution >= 0.6 is 23.4 Å². The van der Waals surface area contributed by atoms with Gasteiger partial charge >= 0.3 is 0 Å². The summed E-state index contributed by atoms with van der Waals surface area (Å²) in [5.74, 6) is 0.343. The molecule has 2 nitrogen and oxygen atoms in total. The van der Waals surface area contributed by atoms with Crippen LogP contribution in [-0.2, 0) is 0 Å². The predicted molar refractivity (Wildman–Crippen MR) is 70.5 cm³/mol. The summed E-state index contributed by atoms with van der Waals surface area (Å²) >= 11 is 7.12. The van der Waals surface area contributed by atoms with E-state index in [9.17, 15) is 4.39 Å². The average Bonchev–Trinajstić information content (AvgIpc) is 2.25. The van der Waals surface area contributed by atoms with Crippen molar-refractivity contribution in [2.24, 2.45) is 0 Å². The topological polar surface area (TPSA) is 52.0 Å². The van der Waals surface area contributed by atoms with Gasteiger partial charge in [-0.05, 0) is 18.2 Å². The molecule has 0 saturated carbocycles. The summed E-state index contributed by atoms with van der Waals surface area (Å²) in [5, 5.41) is -0.0350. The summed E-state index contributed by atoms with van der Waals surface area (Å²) in [6, 6.07) is 1.51. The smallest absolute Gasteiger partial charge is 0.159 e. The van der Waals surface area contributed by atoms with E-state index >= 15 is 0 Å². The lowest BCUT2D eigenvalue weighted by molar-refractivity contribution is 0.604. The van der Waals surface area contributed by atoms with Crippen LogP contribution in [0.3, 0.4) is 0 Å². The van der Waals surface area contributed by atoms with Crippen molar-refractivity contribution < 1.29 is 4.39 Å². The lowest BCUT2D eigenvalue weighted by Gasteiger charge is -2.09. The van der Waals surface area contributed by atoms with Gasteiger partial charge in [-0.15, -0.1) is 11.8 Å². The largest absolute Gasteiger partial charge is 0.398 e. The van der Waals surface area contributed by atoms with E-state index in [1.807, 2.05) is 0 Å². The number of nitrogens with two attached hydrogens (primary N) is 2. The van der Waals surface area contributed by atoms with Gasteiger partial charge in [-0.2, -0.15) is 0 Å². The minimum absolute atomic E-state index is 0.0350. The fourth-order valence-electron chi connectivity index (χ4n) is 1.32. The van der Waals surface area contributed by atoms with Gasteiger partial charge in [0.05, 0.1) is 16.3 Å². The molecule has 90 valence electrons. The highest BCUT2D eigenvalue weighted by atomic mass is 35.5. The minimum Gasteiger partial charge on any atom is -0.398 e. The van der Waals surface area contributed by atoms with E-state index in [0.717, 1.165) is 25.0 Å². The van der Waals surface area contributed by atoms with E-state index in [0.29, 0.717) is 10.6 Å². The van der Waals surface area contributed by atoms with Crippen LogP contribution in [0.5, 0.6) is 0 Å². The van der Waals surface area contributed by atoms with E-state index in [1.165, 1.54) is 17.8 Å². The van der Waals surface area contributed by atoms with Gasteiger partial charge in [0.2, 0.25) is 0 Å². The molecule has 0 aliphatic rings. The van der Waals surface area contributed by atoms with Crippen LogP contribution < -0.4 is 11.5 Å². The Hall–Kier alpha value is -0.610. The van der Waals surface area contributed by atoms with Crippen molar-refractivity contribution in [3.8, 4) is 0 Å². The zero-order chi connectivity index (χ0) is 12.1. The Labute approximate surface area is 105 Å². The Bertz CT molecular complexity index is 371. The maximum atomic E-state index is 13.7. The fourth-order valence-corrected chi connectivity index (χ4v) is 2.53.